The lowest BCUT2D eigenvalue weighted by atomic mass is 9.95. The molecule has 55 heavy (non-hydrogen) atoms. The number of rotatable bonds is 4. The summed E-state index contributed by atoms with van der Waals surface area (Å²) in [5, 5.41) is 7.62. The highest BCUT2D eigenvalue weighted by molar-refractivity contribution is 6.24. The Balaban J connectivity index is 1.22. The minimum absolute atomic E-state index is 0.572. The van der Waals surface area contributed by atoms with Crippen molar-refractivity contribution >= 4 is 76.6 Å². The van der Waals surface area contributed by atoms with Crippen LogP contribution in [0, 0.1) is 0 Å². The van der Waals surface area contributed by atoms with Crippen LogP contribution in [0.5, 0.6) is 0 Å². The van der Waals surface area contributed by atoms with Crippen LogP contribution in [-0.4, -0.2) is 14.5 Å². The van der Waals surface area contributed by atoms with E-state index in [-0.39, 0.29) is 0 Å². The van der Waals surface area contributed by atoms with Gasteiger partial charge in [0.2, 0.25) is 5.95 Å². The zero-order valence-electron chi connectivity index (χ0n) is 29.4. The summed E-state index contributed by atoms with van der Waals surface area (Å²) in [6, 6.07) is 61.5. The molecule has 4 aromatic heterocycles. The van der Waals surface area contributed by atoms with Gasteiger partial charge in [-0.2, -0.15) is 0 Å². The highest BCUT2D eigenvalue weighted by atomic mass is 16.3. The highest BCUT2D eigenvalue weighted by Gasteiger charge is 2.24. The molecule has 0 bridgehead atoms. The summed E-state index contributed by atoms with van der Waals surface area (Å²) in [6.07, 6.45) is 0. The molecule has 0 saturated carbocycles. The van der Waals surface area contributed by atoms with Crippen molar-refractivity contribution in [1.29, 1.82) is 0 Å². The van der Waals surface area contributed by atoms with E-state index in [9.17, 15) is 0 Å². The quantitative estimate of drug-likeness (QED) is 0.183. The molecule has 0 amide bonds. The molecule has 8 aromatic carbocycles. The molecule has 12 aromatic rings. The average molecular weight is 704 g/mol. The Hall–Kier alpha value is -7.50. The van der Waals surface area contributed by atoms with Gasteiger partial charge < -0.3 is 8.83 Å². The zero-order chi connectivity index (χ0) is 36.0. The predicted molar refractivity (Wildman–Crippen MR) is 225 cm³/mol. The first-order chi connectivity index (χ1) is 27.2. The summed E-state index contributed by atoms with van der Waals surface area (Å²) in [5.74, 6) is 0.572. The molecule has 0 radical (unpaired) electrons. The number of furan rings is 2. The summed E-state index contributed by atoms with van der Waals surface area (Å²) in [5.41, 5.74) is 12.1. The van der Waals surface area contributed by atoms with E-state index in [0.29, 0.717) is 11.5 Å². The lowest BCUT2D eigenvalue weighted by molar-refractivity contribution is 0.666. The molecule has 256 valence electrons. The summed E-state index contributed by atoms with van der Waals surface area (Å²) in [6.45, 7) is 0. The van der Waals surface area contributed by atoms with Gasteiger partial charge in [-0.15, -0.1) is 0 Å². The van der Waals surface area contributed by atoms with Crippen molar-refractivity contribution in [2.24, 2.45) is 0 Å². The zero-order valence-corrected chi connectivity index (χ0v) is 29.4. The van der Waals surface area contributed by atoms with Crippen LogP contribution in [-0.2, 0) is 0 Å². The van der Waals surface area contributed by atoms with Crippen LogP contribution < -0.4 is 0 Å². The van der Waals surface area contributed by atoms with Crippen LogP contribution in [0.25, 0.3) is 116 Å². The topological polar surface area (TPSA) is 57.0 Å². The lowest BCUT2D eigenvalue weighted by Gasteiger charge is -2.13. The molecule has 0 saturated heterocycles. The Morgan fingerprint density at radius 2 is 1.00 bits per heavy atom. The maximum Gasteiger partial charge on any atom is 0.236 e. The molecule has 5 heteroatoms. The molecular weight excluding hydrogens is 675 g/mol. The van der Waals surface area contributed by atoms with Gasteiger partial charge in [-0.1, -0.05) is 121 Å². The third kappa shape index (κ3) is 4.53. The number of aromatic nitrogens is 3. The van der Waals surface area contributed by atoms with E-state index in [4.69, 9.17) is 18.8 Å². The van der Waals surface area contributed by atoms with Crippen molar-refractivity contribution in [3.05, 3.63) is 176 Å². The Morgan fingerprint density at radius 3 is 1.75 bits per heavy atom. The van der Waals surface area contributed by atoms with Crippen molar-refractivity contribution in [2.45, 2.75) is 0 Å². The average Bonchev–Trinajstić information content (AvgIpc) is 3.92. The second kappa shape index (κ2) is 11.5. The van der Waals surface area contributed by atoms with Gasteiger partial charge in [0.1, 0.15) is 28.0 Å². The van der Waals surface area contributed by atoms with E-state index in [0.717, 1.165) is 99.1 Å². The summed E-state index contributed by atoms with van der Waals surface area (Å²) < 4.78 is 15.4. The van der Waals surface area contributed by atoms with Crippen molar-refractivity contribution in [3.63, 3.8) is 0 Å². The molecule has 4 heterocycles. The molecule has 0 unspecified atom stereocenters. The van der Waals surface area contributed by atoms with E-state index < -0.39 is 0 Å². The van der Waals surface area contributed by atoms with Gasteiger partial charge in [-0.05, 0) is 87.6 Å². The number of para-hydroxylation sites is 2. The maximum atomic E-state index is 6.68. The molecule has 12 rings (SSSR count). The molecule has 0 fully saturated rings. The molecule has 0 aliphatic heterocycles. The summed E-state index contributed by atoms with van der Waals surface area (Å²) in [7, 11) is 0. The van der Waals surface area contributed by atoms with Crippen LogP contribution >= 0.6 is 0 Å². The monoisotopic (exact) mass is 703 g/mol. The van der Waals surface area contributed by atoms with Crippen molar-refractivity contribution in [3.8, 4) is 39.5 Å². The smallest absolute Gasteiger partial charge is 0.236 e. The fourth-order valence-corrected chi connectivity index (χ4v) is 8.45. The van der Waals surface area contributed by atoms with E-state index in [1.54, 1.807) is 0 Å². The second-order valence-corrected chi connectivity index (χ2v) is 14.2. The van der Waals surface area contributed by atoms with Gasteiger partial charge in [-0.25, -0.2) is 9.97 Å². The molecule has 0 aliphatic rings. The third-order valence-electron chi connectivity index (χ3n) is 11.0. The van der Waals surface area contributed by atoms with Gasteiger partial charge in [0, 0.05) is 32.5 Å². The number of benzene rings is 8. The molecule has 0 atom stereocenters. The summed E-state index contributed by atoms with van der Waals surface area (Å²) >= 11 is 0. The SMILES string of the molecule is c1ccc(-c2cc(-c3ccccc3)cc(-c3nc(-n4c5cc6c(cc5c5c7ccccc7ccc54)oc4ccccc46)nc4c3oc3ccccc34)c2)cc1. The van der Waals surface area contributed by atoms with Crippen LogP contribution in [0.1, 0.15) is 0 Å². The fraction of sp³-hybridized carbons (Fsp3) is 0. The van der Waals surface area contributed by atoms with E-state index >= 15 is 0 Å². The molecular formula is C50H29N3O2. The van der Waals surface area contributed by atoms with Crippen LogP contribution in [0.3, 0.4) is 0 Å². The number of hydrogen-bond donors (Lipinski definition) is 0. The van der Waals surface area contributed by atoms with Gasteiger partial charge in [-0.3, -0.25) is 4.57 Å². The highest BCUT2D eigenvalue weighted by Crippen LogP contribution is 2.43. The third-order valence-corrected chi connectivity index (χ3v) is 11.0. The van der Waals surface area contributed by atoms with Crippen molar-refractivity contribution in [2.75, 3.05) is 0 Å². The minimum atomic E-state index is 0.572. The van der Waals surface area contributed by atoms with Gasteiger partial charge in [0.15, 0.2) is 5.58 Å². The number of nitrogens with zero attached hydrogens (tertiary/aromatic N) is 3. The van der Waals surface area contributed by atoms with Gasteiger partial charge >= 0.3 is 0 Å². The minimum Gasteiger partial charge on any atom is -0.456 e. The van der Waals surface area contributed by atoms with Crippen LogP contribution in [0.15, 0.2) is 185 Å². The van der Waals surface area contributed by atoms with Crippen LogP contribution in [0.4, 0.5) is 0 Å². The first kappa shape index (κ1) is 30.0. The van der Waals surface area contributed by atoms with Gasteiger partial charge in [0.05, 0.1) is 11.0 Å². The Bertz CT molecular complexity index is 3430. The standard InChI is InChI=1S/C50H29N3O2/c1-3-13-30(14-4-1)33-25-34(31-15-5-2-6-16-31)27-35(26-33)47-49-48(38-20-10-12-22-44(38)55-49)52-50(51-47)53-41-24-23-32-17-7-8-18-36(32)46(41)40-29-45-39(28-42(40)53)37-19-9-11-21-43(37)54-45/h1-29H. The second-order valence-electron chi connectivity index (χ2n) is 14.2. The van der Waals surface area contributed by atoms with E-state index in [1.807, 2.05) is 30.3 Å². The van der Waals surface area contributed by atoms with Crippen LogP contribution in [0.2, 0.25) is 0 Å². The maximum absolute atomic E-state index is 6.68. The number of hydrogen-bond acceptors (Lipinski definition) is 4. The molecule has 0 N–H and O–H groups in total. The summed E-state index contributed by atoms with van der Waals surface area (Å²) in [4.78, 5) is 10.9. The predicted octanol–water partition coefficient (Wildman–Crippen LogP) is 13.5. The normalized spacial score (nSPS) is 12.0. The van der Waals surface area contributed by atoms with Crippen molar-refractivity contribution < 1.29 is 8.83 Å². The van der Waals surface area contributed by atoms with E-state index in [2.05, 4.69) is 150 Å². The van der Waals surface area contributed by atoms with Crippen molar-refractivity contribution in [1.82, 2.24) is 14.5 Å². The molecule has 0 aliphatic carbocycles. The fourth-order valence-electron chi connectivity index (χ4n) is 8.45. The van der Waals surface area contributed by atoms with E-state index in [1.165, 1.54) is 5.39 Å². The first-order valence-electron chi connectivity index (χ1n) is 18.5. The lowest BCUT2D eigenvalue weighted by Crippen LogP contribution is -2.03. The Morgan fingerprint density at radius 1 is 0.382 bits per heavy atom. The molecule has 0 spiro atoms. The largest absolute Gasteiger partial charge is 0.456 e. The Kier molecular flexibility index (Phi) is 6.27. The molecule has 5 nitrogen and oxygen atoms in total. The first-order valence-corrected chi connectivity index (χ1v) is 18.5. The number of fused-ring (bicyclic) bond motifs is 11. The Labute approximate surface area is 314 Å². The van der Waals surface area contributed by atoms with Gasteiger partial charge in [0.25, 0.3) is 0 Å².